The number of halogens is 4. The van der Waals surface area contributed by atoms with Crippen LogP contribution in [0.4, 0.5) is 5.82 Å². The summed E-state index contributed by atoms with van der Waals surface area (Å²) in [5.41, 5.74) is 0.588. The van der Waals surface area contributed by atoms with Crippen molar-refractivity contribution in [3.63, 3.8) is 0 Å². The van der Waals surface area contributed by atoms with Gasteiger partial charge in [-0.25, -0.2) is 9.78 Å². The minimum Gasteiger partial charge on any atom is -0.452 e. The molecule has 0 radical (unpaired) electrons. The first kappa shape index (κ1) is 19.5. The van der Waals surface area contributed by atoms with Crippen molar-refractivity contribution < 1.29 is 14.3 Å². The van der Waals surface area contributed by atoms with E-state index in [-0.39, 0.29) is 10.8 Å². The Kier molecular flexibility index (Phi) is 7.08. The Morgan fingerprint density at radius 1 is 1.08 bits per heavy atom. The van der Waals surface area contributed by atoms with E-state index in [2.05, 4.69) is 10.3 Å². The van der Waals surface area contributed by atoms with Crippen LogP contribution in [0.1, 0.15) is 5.56 Å². The van der Waals surface area contributed by atoms with Crippen LogP contribution in [0.25, 0.3) is 6.08 Å². The Morgan fingerprint density at radius 2 is 1.80 bits per heavy atom. The third kappa shape index (κ3) is 6.21. The number of hydrogen-bond donors (Lipinski definition) is 1. The molecule has 1 heterocycles. The summed E-state index contributed by atoms with van der Waals surface area (Å²) in [6.45, 7) is -0.502. The molecule has 1 aromatic heterocycles. The highest BCUT2D eigenvalue weighted by molar-refractivity contribution is 6.36. The van der Waals surface area contributed by atoms with Gasteiger partial charge < -0.3 is 10.1 Å². The van der Waals surface area contributed by atoms with Crippen molar-refractivity contribution in [1.29, 1.82) is 0 Å². The average molecular weight is 420 g/mol. The lowest BCUT2D eigenvalue weighted by atomic mass is 10.2. The van der Waals surface area contributed by atoms with Crippen LogP contribution in [0, 0.1) is 0 Å². The highest BCUT2D eigenvalue weighted by Gasteiger charge is 2.10. The second kappa shape index (κ2) is 9.06. The number of anilines is 1. The average Bonchev–Trinajstić information content (AvgIpc) is 2.55. The number of ether oxygens (including phenoxy) is 1. The maximum atomic E-state index is 11.7. The van der Waals surface area contributed by atoms with Crippen LogP contribution in [0.3, 0.4) is 0 Å². The highest BCUT2D eigenvalue weighted by atomic mass is 35.5. The van der Waals surface area contributed by atoms with Crippen molar-refractivity contribution in [2.45, 2.75) is 0 Å². The molecule has 0 saturated carbocycles. The molecular formula is C16H10Cl4N2O3. The van der Waals surface area contributed by atoms with Crippen molar-refractivity contribution in [3.8, 4) is 0 Å². The predicted octanol–water partition coefficient (Wildman–Crippen LogP) is 4.89. The monoisotopic (exact) mass is 418 g/mol. The third-order valence-corrected chi connectivity index (χ3v) is 3.83. The van der Waals surface area contributed by atoms with Gasteiger partial charge in [0.05, 0.1) is 10.0 Å². The van der Waals surface area contributed by atoms with Gasteiger partial charge in [-0.05, 0) is 29.8 Å². The minimum atomic E-state index is -0.712. The van der Waals surface area contributed by atoms with Crippen molar-refractivity contribution in [2.24, 2.45) is 0 Å². The lowest BCUT2D eigenvalue weighted by Gasteiger charge is -2.06. The summed E-state index contributed by atoms with van der Waals surface area (Å²) in [6.07, 6.45) is 3.93. The van der Waals surface area contributed by atoms with E-state index >= 15 is 0 Å². The number of carbonyl (C=O) groups excluding carboxylic acids is 2. The van der Waals surface area contributed by atoms with Crippen molar-refractivity contribution in [3.05, 3.63) is 62.2 Å². The summed E-state index contributed by atoms with van der Waals surface area (Å²) in [5.74, 6) is -1.19. The first-order chi connectivity index (χ1) is 11.8. The smallest absolute Gasteiger partial charge is 0.331 e. The van der Waals surface area contributed by atoms with Gasteiger partial charge in [-0.1, -0.05) is 52.5 Å². The molecular weight excluding hydrogens is 410 g/mol. The molecule has 9 heteroatoms. The molecule has 1 amide bonds. The molecule has 0 aliphatic carbocycles. The summed E-state index contributed by atoms with van der Waals surface area (Å²) in [7, 11) is 0. The Balaban J connectivity index is 1.86. The highest BCUT2D eigenvalue weighted by Crippen LogP contribution is 2.23. The third-order valence-electron chi connectivity index (χ3n) is 2.77. The predicted molar refractivity (Wildman–Crippen MR) is 99.3 cm³/mol. The molecule has 0 fully saturated rings. The van der Waals surface area contributed by atoms with E-state index in [1.807, 2.05) is 0 Å². The number of nitrogens with one attached hydrogen (secondary N) is 1. The maximum Gasteiger partial charge on any atom is 0.331 e. The van der Waals surface area contributed by atoms with Crippen molar-refractivity contribution in [2.75, 3.05) is 11.9 Å². The largest absolute Gasteiger partial charge is 0.452 e. The second-order valence-electron chi connectivity index (χ2n) is 4.64. The molecule has 130 valence electrons. The number of hydrogen-bond acceptors (Lipinski definition) is 4. The van der Waals surface area contributed by atoms with Gasteiger partial charge in [0.2, 0.25) is 0 Å². The number of carbonyl (C=O) groups is 2. The minimum absolute atomic E-state index is 0.121. The summed E-state index contributed by atoms with van der Waals surface area (Å²) in [5, 5.41) is 3.78. The Hall–Kier alpha value is -1.79. The Bertz CT molecular complexity index is 840. The zero-order valence-corrected chi connectivity index (χ0v) is 15.5. The topological polar surface area (TPSA) is 68.3 Å². The Morgan fingerprint density at radius 3 is 2.48 bits per heavy atom. The van der Waals surface area contributed by atoms with Crippen LogP contribution in [0.5, 0.6) is 0 Å². The molecule has 0 aliphatic rings. The lowest BCUT2D eigenvalue weighted by Crippen LogP contribution is -2.20. The molecule has 25 heavy (non-hydrogen) atoms. The van der Waals surface area contributed by atoms with E-state index in [9.17, 15) is 9.59 Å². The number of amides is 1. The number of aromatic nitrogens is 1. The van der Waals surface area contributed by atoms with Gasteiger partial charge in [-0.15, -0.1) is 0 Å². The van der Waals surface area contributed by atoms with Gasteiger partial charge in [0.25, 0.3) is 5.91 Å². The first-order valence-electron chi connectivity index (χ1n) is 6.76. The van der Waals surface area contributed by atoms with Crippen LogP contribution in [-0.2, 0) is 14.3 Å². The molecule has 0 saturated heterocycles. The first-order valence-corrected chi connectivity index (χ1v) is 8.27. The van der Waals surface area contributed by atoms with Gasteiger partial charge in [0.1, 0.15) is 0 Å². The van der Waals surface area contributed by atoms with E-state index in [0.717, 1.165) is 6.08 Å². The Labute approximate surface area is 163 Å². The van der Waals surface area contributed by atoms with Gasteiger partial charge in [0, 0.05) is 22.3 Å². The van der Waals surface area contributed by atoms with E-state index in [4.69, 9.17) is 51.1 Å². The fraction of sp³-hybridized carbons (Fsp3) is 0.0625. The number of nitrogens with zero attached hydrogens (tertiary/aromatic N) is 1. The van der Waals surface area contributed by atoms with Crippen molar-refractivity contribution in [1.82, 2.24) is 4.98 Å². The fourth-order valence-electron chi connectivity index (χ4n) is 1.65. The van der Waals surface area contributed by atoms with Crippen LogP contribution < -0.4 is 5.32 Å². The van der Waals surface area contributed by atoms with Crippen LogP contribution in [0.2, 0.25) is 20.1 Å². The molecule has 2 aromatic rings. The van der Waals surface area contributed by atoms with Gasteiger partial charge in [-0.2, -0.15) is 0 Å². The second-order valence-corrected chi connectivity index (χ2v) is 6.33. The quantitative estimate of drug-likeness (QED) is 0.553. The van der Waals surface area contributed by atoms with Crippen LogP contribution in [-0.4, -0.2) is 23.5 Å². The zero-order chi connectivity index (χ0) is 18.4. The SMILES string of the molecule is O=C(COC(=O)/C=C/c1ccc(Cl)cc1Cl)Nc1ncc(Cl)cc1Cl. The fourth-order valence-corrected chi connectivity index (χ4v) is 2.55. The normalized spacial score (nSPS) is 10.7. The molecule has 0 bridgehead atoms. The van der Waals surface area contributed by atoms with E-state index in [0.29, 0.717) is 20.6 Å². The molecule has 0 aliphatic heterocycles. The van der Waals surface area contributed by atoms with Crippen LogP contribution >= 0.6 is 46.4 Å². The van der Waals surface area contributed by atoms with E-state index < -0.39 is 18.5 Å². The zero-order valence-electron chi connectivity index (χ0n) is 12.4. The number of pyridine rings is 1. The molecule has 2 rings (SSSR count). The maximum absolute atomic E-state index is 11.7. The summed E-state index contributed by atoms with van der Waals surface area (Å²) < 4.78 is 4.82. The molecule has 1 aromatic carbocycles. The summed E-state index contributed by atoms with van der Waals surface area (Å²) in [4.78, 5) is 27.2. The van der Waals surface area contributed by atoms with Gasteiger partial charge >= 0.3 is 5.97 Å². The summed E-state index contributed by atoms with van der Waals surface area (Å²) in [6, 6.07) is 6.25. The van der Waals surface area contributed by atoms with Crippen molar-refractivity contribution >= 4 is 70.2 Å². The standard InChI is InChI=1S/C16H10Cl4N2O3/c17-10-3-1-9(12(19)5-10)2-4-15(24)25-8-14(23)22-16-13(20)6-11(18)7-21-16/h1-7H,8H2,(H,21,22,23)/b4-2+. The number of esters is 1. The molecule has 1 N–H and O–H groups in total. The molecule has 5 nitrogen and oxygen atoms in total. The molecule has 0 spiro atoms. The van der Waals surface area contributed by atoms with Gasteiger partial charge in [0.15, 0.2) is 12.4 Å². The number of benzene rings is 1. The lowest BCUT2D eigenvalue weighted by molar-refractivity contribution is -0.142. The van der Waals surface area contributed by atoms with Crippen LogP contribution in [0.15, 0.2) is 36.5 Å². The molecule has 0 atom stereocenters. The van der Waals surface area contributed by atoms with Gasteiger partial charge in [-0.3, -0.25) is 4.79 Å². The number of rotatable bonds is 5. The molecule has 0 unspecified atom stereocenters. The van der Waals surface area contributed by atoms with E-state index in [1.165, 1.54) is 18.3 Å². The van der Waals surface area contributed by atoms with E-state index in [1.54, 1.807) is 18.2 Å². The summed E-state index contributed by atoms with van der Waals surface area (Å²) >= 11 is 23.3.